The molecule has 0 radical (unpaired) electrons. The van der Waals surface area contributed by atoms with E-state index in [2.05, 4.69) is 5.32 Å². The molecule has 4 rings (SSSR count). The number of halogens is 6. The predicted octanol–water partition coefficient (Wildman–Crippen LogP) is 6.39. The van der Waals surface area contributed by atoms with Crippen LogP contribution < -0.4 is 5.32 Å². The Bertz CT molecular complexity index is 1410. The molecule has 0 aliphatic heterocycles. The first-order valence-corrected chi connectivity index (χ1v) is 11.0. The minimum Gasteiger partial charge on any atom is -0.480 e. The Morgan fingerprint density at radius 1 is 0.757 bits per heavy atom. The lowest BCUT2D eigenvalue weighted by atomic mass is 9.92. The third-order valence-electron chi connectivity index (χ3n) is 5.94. The van der Waals surface area contributed by atoms with E-state index in [9.17, 15) is 41.0 Å². The van der Waals surface area contributed by atoms with E-state index in [1.165, 1.54) is 0 Å². The number of hydrogen-bond donors (Lipinski definition) is 2. The van der Waals surface area contributed by atoms with Crippen molar-refractivity contribution in [2.75, 3.05) is 0 Å². The summed E-state index contributed by atoms with van der Waals surface area (Å²) in [6, 6.07) is 15.8. The van der Waals surface area contributed by atoms with Gasteiger partial charge in [-0.25, -0.2) is 4.79 Å². The van der Waals surface area contributed by atoms with E-state index in [1.807, 2.05) is 30.3 Å². The van der Waals surface area contributed by atoms with Crippen LogP contribution in [0.25, 0.3) is 21.5 Å². The second-order valence-corrected chi connectivity index (χ2v) is 8.55. The van der Waals surface area contributed by atoms with Crippen LogP contribution in [0, 0.1) is 0 Å². The number of amides is 1. The Hall–Kier alpha value is -4.08. The highest BCUT2D eigenvalue weighted by Gasteiger charge is 2.37. The summed E-state index contributed by atoms with van der Waals surface area (Å²) in [6.07, 6.45) is -11.1. The molecule has 0 bridgehead atoms. The monoisotopic (exact) mass is 519 g/mol. The molecule has 4 aromatic carbocycles. The molecule has 0 unspecified atom stereocenters. The van der Waals surface area contributed by atoms with Gasteiger partial charge in [-0.3, -0.25) is 4.79 Å². The van der Waals surface area contributed by atoms with Gasteiger partial charge in [0.25, 0.3) is 0 Å². The topological polar surface area (TPSA) is 66.4 Å². The summed E-state index contributed by atoms with van der Waals surface area (Å²) in [5.74, 6) is -2.42. The molecule has 0 spiro atoms. The molecule has 0 aliphatic carbocycles. The number of carboxylic acids is 1. The van der Waals surface area contributed by atoms with E-state index < -0.39 is 53.4 Å². The molecule has 1 atom stereocenters. The Morgan fingerprint density at radius 2 is 1.24 bits per heavy atom. The molecule has 0 fully saturated rings. The number of carboxylic acid groups (broad SMARTS) is 1. The van der Waals surface area contributed by atoms with Gasteiger partial charge in [-0.15, -0.1) is 0 Å². The molecular formula is C27H19F6NO3. The molecule has 4 aromatic rings. The largest absolute Gasteiger partial charge is 0.480 e. The molecular weight excluding hydrogens is 500 g/mol. The zero-order valence-electron chi connectivity index (χ0n) is 19.0. The highest BCUT2D eigenvalue weighted by molar-refractivity contribution is 6.02. The maximum absolute atomic E-state index is 13.1. The lowest BCUT2D eigenvalue weighted by molar-refractivity contribution is -0.143. The number of aliphatic carboxylic acids is 1. The standard InChI is InChI=1S/C27H19F6NO3/c28-26(29,30)18-9-15(10-19(13-18)27(31,32)33)11-24(35)34-23(25(36)37)14-22-20-7-3-1-5-16(20)12-17-6-2-4-8-21(17)22/h1-10,12-13,23H,11,14H2,(H,34,35)(H,36,37)/t23-/m1/s1. The van der Waals surface area contributed by atoms with Crippen molar-refractivity contribution in [1.82, 2.24) is 5.32 Å². The summed E-state index contributed by atoms with van der Waals surface area (Å²) < 4.78 is 78.8. The fourth-order valence-corrected chi connectivity index (χ4v) is 4.28. The van der Waals surface area contributed by atoms with E-state index in [0.717, 1.165) is 21.5 Å². The number of carbonyl (C=O) groups excluding carboxylic acids is 1. The summed E-state index contributed by atoms with van der Waals surface area (Å²) in [7, 11) is 0. The van der Waals surface area contributed by atoms with Gasteiger partial charge in [0.05, 0.1) is 17.5 Å². The minimum absolute atomic E-state index is 0.0346. The fourth-order valence-electron chi connectivity index (χ4n) is 4.28. The Morgan fingerprint density at radius 3 is 1.70 bits per heavy atom. The van der Waals surface area contributed by atoms with Gasteiger partial charge in [0.15, 0.2) is 0 Å². The number of rotatable bonds is 6. The molecule has 37 heavy (non-hydrogen) atoms. The maximum atomic E-state index is 13.1. The lowest BCUT2D eigenvalue weighted by Crippen LogP contribution is -2.43. The summed E-state index contributed by atoms with van der Waals surface area (Å²) in [4.78, 5) is 24.7. The van der Waals surface area contributed by atoms with Crippen molar-refractivity contribution in [3.05, 3.63) is 95.1 Å². The molecule has 0 saturated carbocycles. The maximum Gasteiger partial charge on any atom is 0.416 e. The number of nitrogens with one attached hydrogen (secondary N) is 1. The van der Waals surface area contributed by atoms with Crippen molar-refractivity contribution in [2.24, 2.45) is 0 Å². The lowest BCUT2D eigenvalue weighted by Gasteiger charge is -2.19. The number of fused-ring (bicyclic) bond motifs is 2. The Labute approximate surface area is 206 Å². The summed E-state index contributed by atoms with van der Waals surface area (Å²) in [5.41, 5.74) is -3.01. The summed E-state index contributed by atoms with van der Waals surface area (Å²) in [6.45, 7) is 0. The molecule has 10 heteroatoms. The average Bonchev–Trinajstić information content (AvgIpc) is 2.81. The highest BCUT2D eigenvalue weighted by atomic mass is 19.4. The van der Waals surface area contributed by atoms with Gasteiger partial charge >= 0.3 is 18.3 Å². The Kier molecular flexibility index (Phi) is 6.86. The van der Waals surface area contributed by atoms with Crippen molar-refractivity contribution >= 4 is 33.4 Å². The fraction of sp³-hybridized carbons (Fsp3) is 0.185. The van der Waals surface area contributed by atoms with Crippen LogP contribution in [-0.4, -0.2) is 23.0 Å². The average molecular weight is 519 g/mol. The number of alkyl halides is 6. The smallest absolute Gasteiger partial charge is 0.416 e. The molecule has 1 amide bonds. The van der Waals surface area contributed by atoms with Crippen molar-refractivity contribution in [3.8, 4) is 0 Å². The van der Waals surface area contributed by atoms with Gasteiger partial charge in [0.2, 0.25) is 5.91 Å². The molecule has 0 heterocycles. The van der Waals surface area contributed by atoms with E-state index >= 15 is 0 Å². The molecule has 0 aliphatic rings. The van der Waals surface area contributed by atoms with Crippen molar-refractivity contribution in [3.63, 3.8) is 0 Å². The van der Waals surface area contributed by atoms with Gasteiger partial charge in [0, 0.05) is 6.42 Å². The third kappa shape index (κ3) is 5.84. The van der Waals surface area contributed by atoms with Crippen molar-refractivity contribution in [1.29, 1.82) is 0 Å². The summed E-state index contributed by atoms with van der Waals surface area (Å²) >= 11 is 0. The van der Waals surface area contributed by atoms with Crippen LogP contribution in [0.3, 0.4) is 0 Å². The van der Waals surface area contributed by atoms with Gasteiger partial charge in [-0.2, -0.15) is 26.3 Å². The zero-order valence-corrected chi connectivity index (χ0v) is 19.0. The first-order valence-electron chi connectivity index (χ1n) is 11.0. The SMILES string of the molecule is O=C(Cc1cc(C(F)(F)F)cc(C(F)(F)F)c1)N[C@H](Cc1c2ccccc2cc2ccccc12)C(=O)O. The van der Waals surface area contributed by atoms with Crippen LogP contribution in [0.5, 0.6) is 0 Å². The van der Waals surface area contributed by atoms with Gasteiger partial charge in [-0.1, -0.05) is 48.5 Å². The van der Waals surface area contributed by atoms with Crippen LogP contribution >= 0.6 is 0 Å². The van der Waals surface area contributed by atoms with E-state index in [1.54, 1.807) is 24.3 Å². The zero-order chi connectivity index (χ0) is 27.0. The predicted molar refractivity (Wildman–Crippen MR) is 125 cm³/mol. The molecule has 192 valence electrons. The van der Waals surface area contributed by atoms with Crippen molar-refractivity contribution in [2.45, 2.75) is 31.2 Å². The van der Waals surface area contributed by atoms with Crippen LogP contribution in [0.15, 0.2) is 72.8 Å². The van der Waals surface area contributed by atoms with Crippen LogP contribution in [0.1, 0.15) is 22.3 Å². The second kappa shape index (κ2) is 9.76. The van der Waals surface area contributed by atoms with Crippen LogP contribution in [-0.2, 0) is 34.8 Å². The van der Waals surface area contributed by atoms with E-state index in [-0.39, 0.29) is 12.5 Å². The number of hydrogen-bond acceptors (Lipinski definition) is 2. The second-order valence-electron chi connectivity index (χ2n) is 8.55. The van der Waals surface area contributed by atoms with E-state index in [4.69, 9.17) is 0 Å². The molecule has 2 N–H and O–H groups in total. The highest BCUT2D eigenvalue weighted by Crippen LogP contribution is 2.36. The van der Waals surface area contributed by atoms with E-state index in [0.29, 0.717) is 17.7 Å². The van der Waals surface area contributed by atoms with Crippen LogP contribution in [0.4, 0.5) is 26.3 Å². The Balaban J connectivity index is 1.64. The number of carbonyl (C=O) groups is 2. The first-order chi connectivity index (χ1) is 17.3. The first kappa shape index (κ1) is 26.0. The molecule has 4 nitrogen and oxygen atoms in total. The van der Waals surface area contributed by atoms with Crippen molar-refractivity contribution < 1.29 is 41.0 Å². The minimum atomic E-state index is -5.06. The van der Waals surface area contributed by atoms with Gasteiger partial charge in [-0.05, 0) is 56.9 Å². The molecule has 0 saturated heterocycles. The van der Waals surface area contributed by atoms with Gasteiger partial charge < -0.3 is 10.4 Å². The van der Waals surface area contributed by atoms with Crippen LogP contribution in [0.2, 0.25) is 0 Å². The summed E-state index contributed by atoms with van der Waals surface area (Å²) in [5, 5.41) is 15.2. The van der Waals surface area contributed by atoms with Gasteiger partial charge in [0.1, 0.15) is 6.04 Å². The normalized spacial score (nSPS) is 13.0. The molecule has 0 aromatic heterocycles. The third-order valence-corrected chi connectivity index (χ3v) is 5.94. The number of benzene rings is 4. The quantitative estimate of drug-likeness (QED) is 0.229.